The maximum Gasteiger partial charge on any atom is 0.416 e. The number of benzene rings is 2. The molecule has 0 bridgehead atoms. The Balaban J connectivity index is 1.97. The number of alkyl halides is 3. The van der Waals surface area contributed by atoms with Crippen molar-refractivity contribution in [2.45, 2.75) is 18.6 Å². The molecule has 4 nitrogen and oxygen atoms in total. The van der Waals surface area contributed by atoms with Crippen LogP contribution in [0.1, 0.15) is 21.5 Å². The van der Waals surface area contributed by atoms with Crippen LogP contribution in [0.25, 0.3) is 0 Å². The Kier molecular flexibility index (Phi) is 4.24. The quantitative estimate of drug-likeness (QED) is 0.907. The number of hydrogen-bond donors (Lipinski definition) is 1. The van der Waals surface area contributed by atoms with Gasteiger partial charge in [-0.15, -0.1) is 0 Å². The first-order valence-electron chi connectivity index (χ1n) is 7.63. The van der Waals surface area contributed by atoms with Crippen molar-refractivity contribution in [2.75, 3.05) is 11.9 Å². The second kappa shape index (κ2) is 6.23. The highest BCUT2D eigenvalue weighted by atomic mass is 19.4. The minimum absolute atomic E-state index is 0.0959. The van der Waals surface area contributed by atoms with Crippen LogP contribution in [0, 0.1) is 0 Å². The zero-order chi connectivity index (χ0) is 18.2. The van der Waals surface area contributed by atoms with Crippen molar-refractivity contribution < 1.29 is 22.8 Å². The van der Waals surface area contributed by atoms with E-state index in [0.717, 1.165) is 29.8 Å². The molecule has 0 spiro atoms. The van der Waals surface area contributed by atoms with Crippen molar-refractivity contribution in [3.63, 3.8) is 0 Å². The number of nitrogens with one attached hydrogen (secondary N) is 1. The summed E-state index contributed by atoms with van der Waals surface area (Å²) in [6, 6.07) is 10.4. The number of fused-ring (bicyclic) bond motifs is 1. The van der Waals surface area contributed by atoms with Gasteiger partial charge in [-0.3, -0.25) is 14.5 Å². The van der Waals surface area contributed by atoms with Crippen molar-refractivity contribution in [1.29, 1.82) is 0 Å². The van der Waals surface area contributed by atoms with Crippen molar-refractivity contribution in [2.24, 2.45) is 0 Å². The van der Waals surface area contributed by atoms with Gasteiger partial charge in [0.25, 0.3) is 5.91 Å². The molecule has 2 aromatic carbocycles. The molecule has 130 valence electrons. The first-order valence-corrected chi connectivity index (χ1v) is 7.63. The third kappa shape index (κ3) is 3.09. The summed E-state index contributed by atoms with van der Waals surface area (Å²) in [4.78, 5) is 26.4. The summed E-state index contributed by atoms with van der Waals surface area (Å²) in [5, 5.41) is 2.53. The van der Waals surface area contributed by atoms with Gasteiger partial charge >= 0.3 is 6.18 Å². The molecule has 1 unspecified atom stereocenters. The summed E-state index contributed by atoms with van der Waals surface area (Å²) >= 11 is 0. The number of amides is 2. The lowest BCUT2D eigenvalue weighted by Crippen LogP contribution is -2.47. The predicted molar refractivity (Wildman–Crippen MR) is 86.3 cm³/mol. The molecule has 2 amide bonds. The highest BCUT2D eigenvalue weighted by molar-refractivity contribution is 6.11. The van der Waals surface area contributed by atoms with Crippen LogP contribution in [-0.4, -0.2) is 24.9 Å². The normalized spacial score (nSPS) is 16.5. The second-order valence-corrected chi connectivity index (χ2v) is 5.71. The lowest BCUT2D eigenvalue weighted by atomic mass is 10.1. The Morgan fingerprint density at radius 2 is 1.72 bits per heavy atom. The van der Waals surface area contributed by atoms with E-state index in [9.17, 15) is 22.8 Å². The van der Waals surface area contributed by atoms with Crippen LogP contribution in [0.4, 0.5) is 18.9 Å². The number of carbonyl (C=O) groups excluding carboxylic acids is 2. The van der Waals surface area contributed by atoms with Crippen molar-refractivity contribution in [3.05, 3.63) is 65.2 Å². The Hall–Kier alpha value is -2.83. The van der Waals surface area contributed by atoms with Crippen LogP contribution in [0.2, 0.25) is 0 Å². The number of rotatable bonds is 2. The number of para-hydroxylation sites is 1. The maximum atomic E-state index is 12.9. The molecule has 1 heterocycles. The average molecular weight is 348 g/mol. The Morgan fingerprint density at radius 1 is 1.08 bits per heavy atom. The Bertz CT molecular complexity index is 816. The van der Waals surface area contributed by atoms with Crippen molar-refractivity contribution in [3.8, 4) is 0 Å². The fourth-order valence-corrected chi connectivity index (χ4v) is 2.95. The number of halogens is 3. The van der Waals surface area contributed by atoms with Gasteiger partial charge < -0.3 is 5.32 Å². The topological polar surface area (TPSA) is 49.4 Å². The Labute approximate surface area is 142 Å². The summed E-state index contributed by atoms with van der Waals surface area (Å²) in [5.74, 6) is -0.830. The smallest absolute Gasteiger partial charge is 0.357 e. The van der Waals surface area contributed by atoms with Gasteiger partial charge in [0.15, 0.2) is 0 Å². The van der Waals surface area contributed by atoms with Gasteiger partial charge in [-0.2, -0.15) is 13.2 Å². The molecule has 2 aromatic rings. The zero-order valence-corrected chi connectivity index (χ0v) is 13.3. The van der Waals surface area contributed by atoms with Gasteiger partial charge in [0.2, 0.25) is 5.91 Å². The molecule has 1 N–H and O–H groups in total. The van der Waals surface area contributed by atoms with E-state index in [1.807, 2.05) is 12.1 Å². The molecule has 0 aliphatic carbocycles. The number of anilines is 1. The maximum absolute atomic E-state index is 12.9. The van der Waals surface area contributed by atoms with Crippen molar-refractivity contribution >= 4 is 17.5 Å². The van der Waals surface area contributed by atoms with Crippen LogP contribution < -0.4 is 10.2 Å². The number of likely N-dealkylation sites (N-methyl/N-ethyl adjacent to an activating group) is 1. The third-order valence-corrected chi connectivity index (χ3v) is 4.20. The molecule has 0 saturated heterocycles. The summed E-state index contributed by atoms with van der Waals surface area (Å²) in [6.45, 7) is 0. The molecule has 1 atom stereocenters. The fraction of sp³-hybridized carbons (Fsp3) is 0.222. The molecule has 1 aliphatic heterocycles. The minimum Gasteiger partial charge on any atom is -0.357 e. The largest absolute Gasteiger partial charge is 0.416 e. The molecule has 0 radical (unpaired) electrons. The average Bonchev–Trinajstić information content (AvgIpc) is 2.99. The van der Waals surface area contributed by atoms with E-state index in [-0.39, 0.29) is 11.5 Å². The summed E-state index contributed by atoms with van der Waals surface area (Å²) in [7, 11) is 1.48. The van der Waals surface area contributed by atoms with Crippen LogP contribution >= 0.6 is 0 Å². The lowest BCUT2D eigenvalue weighted by Gasteiger charge is -2.24. The van der Waals surface area contributed by atoms with Gasteiger partial charge in [-0.05, 0) is 35.9 Å². The predicted octanol–water partition coefficient (Wildman–Crippen LogP) is 3.02. The summed E-state index contributed by atoms with van der Waals surface area (Å²) < 4.78 is 38.1. The number of nitrogens with zero attached hydrogens (tertiary/aromatic N) is 1. The second-order valence-electron chi connectivity index (χ2n) is 5.71. The van der Waals surface area contributed by atoms with Crippen LogP contribution in [0.15, 0.2) is 48.5 Å². The summed E-state index contributed by atoms with van der Waals surface area (Å²) in [6.07, 6.45) is -4.10. The van der Waals surface area contributed by atoms with Gasteiger partial charge in [-0.25, -0.2) is 0 Å². The molecule has 1 aliphatic rings. The van der Waals surface area contributed by atoms with E-state index >= 15 is 0 Å². The van der Waals surface area contributed by atoms with E-state index in [0.29, 0.717) is 12.1 Å². The van der Waals surface area contributed by atoms with E-state index in [4.69, 9.17) is 0 Å². The van der Waals surface area contributed by atoms with Crippen molar-refractivity contribution in [1.82, 2.24) is 5.32 Å². The first kappa shape index (κ1) is 17.0. The minimum atomic E-state index is -4.47. The molecule has 3 rings (SSSR count). The van der Waals surface area contributed by atoms with E-state index in [2.05, 4.69) is 5.32 Å². The van der Waals surface area contributed by atoms with Crippen LogP contribution in [0.3, 0.4) is 0 Å². The van der Waals surface area contributed by atoms with Gasteiger partial charge in [-0.1, -0.05) is 18.2 Å². The highest BCUT2D eigenvalue weighted by Crippen LogP contribution is 2.34. The van der Waals surface area contributed by atoms with E-state index in [1.54, 1.807) is 12.1 Å². The highest BCUT2D eigenvalue weighted by Gasteiger charge is 2.38. The number of hydrogen-bond acceptors (Lipinski definition) is 2. The molecule has 0 fully saturated rings. The molecule has 0 aromatic heterocycles. The Morgan fingerprint density at radius 3 is 2.32 bits per heavy atom. The fourth-order valence-electron chi connectivity index (χ4n) is 2.95. The van der Waals surface area contributed by atoms with E-state index < -0.39 is 23.7 Å². The lowest BCUT2D eigenvalue weighted by molar-refractivity contribution is -0.137. The molecule has 7 heteroatoms. The number of carbonyl (C=O) groups is 2. The monoisotopic (exact) mass is 348 g/mol. The van der Waals surface area contributed by atoms with Gasteiger partial charge in [0, 0.05) is 24.7 Å². The molecular weight excluding hydrogens is 333 g/mol. The van der Waals surface area contributed by atoms with Gasteiger partial charge in [0.05, 0.1) is 5.56 Å². The molecule has 0 saturated carbocycles. The third-order valence-electron chi connectivity index (χ3n) is 4.20. The van der Waals surface area contributed by atoms with E-state index in [1.165, 1.54) is 11.9 Å². The zero-order valence-electron chi connectivity index (χ0n) is 13.3. The SMILES string of the molecule is CNC(=O)C1Cc2ccccc2N1C(=O)c1ccc(C(F)(F)F)cc1. The summed E-state index contributed by atoms with van der Waals surface area (Å²) in [5.41, 5.74) is 0.713. The van der Waals surface area contributed by atoms with Crippen LogP contribution in [-0.2, 0) is 17.4 Å². The first-order chi connectivity index (χ1) is 11.8. The standard InChI is InChI=1S/C18H15F3N2O2/c1-22-16(24)15-10-12-4-2-3-5-14(12)23(15)17(25)11-6-8-13(9-7-11)18(19,20)21/h2-9,15H,10H2,1H3,(H,22,24). The van der Waals surface area contributed by atoms with Crippen LogP contribution in [0.5, 0.6) is 0 Å². The molecule has 25 heavy (non-hydrogen) atoms. The van der Waals surface area contributed by atoms with Gasteiger partial charge in [0.1, 0.15) is 6.04 Å². The molecular formula is C18H15F3N2O2.